The van der Waals surface area contributed by atoms with Crippen molar-refractivity contribution in [2.24, 2.45) is 0 Å². The highest BCUT2D eigenvalue weighted by atomic mass is 32.2. The average molecular weight is 269 g/mol. The van der Waals surface area contributed by atoms with Crippen LogP contribution in [0.15, 0.2) is 24.3 Å². The van der Waals surface area contributed by atoms with E-state index < -0.39 is 15.1 Å². The number of hydrogen-bond donors (Lipinski definition) is 1. The van der Waals surface area contributed by atoms with Gasteiger partial charge in [-0.1, -0.05) is 38.1 Å². The van der Waals surface area contributed by atoms with Gasteiger partial charge in [-0.05, 0) is 31.0 Å². The zero-order valence-corrected chi connectivity index (χ0v) is 12.4. The van der Waals surface area contributed by atoms with E-state index in [0.717, 1.165) is 18.5 Å². The molecule has 0 amide bonds. The molecule has 1 N–H and O–H groups in total. The molecule has 102 valence electrons. The van der Waals surface area contributed by atoms with Crippen LogP contribution in [0, 0.1) is 0 Å². The van der Waals surface area contributed by atoms with Crippen molar-refractivity contribution in [2.75, 3.05) is 12.8 Å². The van der Waals surface area contributed by atoms with Crippen LogP contribution in [0.25, 0.3) is 0 Å². The van der Waals surface area contributed by atoms with Crippen LogP contribution >= 0.6 is 0 Å². The standard InChI is InChI=1S/C14H23NO2S/c1-5-12-8-7-9-13(10-12)14(15-6-2)11(3)18(4,16)17/h7-11,14-15H,5-6H2,1-4H3. The van der Waals surface area contributed by atoms with Crippen molar-refractivity contribution in [1.29, 1.82) is 0 Å². The fourth-order valence-corrected chi connectivity index (χ4v) is 2.78. The first-order valence-corrected chi connectivity index (χ1v) is 8.36. The summed E-state index contributed by atoms with van der Waals surface area (Å²) in [7, 11) is -3.05. The highest BCUT2D eigenvalue weighted by Crippen LogP contribution is 2.22. The summed E-state index contributed by atoms with van der Waals surface area (Å²) in [5.41, 5.74) is 2.28. The van der Waals surface area contributed by atoms with E-state index in [1.54, 1.807) is 6.92 Å². The van der Waals surface area contributed by atoms with Crippen LogP contribution in [0.5, 0.6) is 0 Å². The van der Waals surface area contributed by atoms with E-state index in [9.17, 15) is 8.42 Å². The molecule has 0 radical (unpaired) electrons. The first-order chi connectivity index (χ1) is 8.40. The summed E-state index contributed by atoms with van der Waals surface area (Å²) < 4.78 is 23.5. The molecular weight excluding hydrogens is 246 g/mol. The third kappa shape index (κ3) is 3.82. The summed E-state index contributed by atoms with van der Waals surface area (Å²) >= 11 is 0. The van der Waals surface area contributed by atoms with Crippen LogP contribution in [-0.2, 0) is 16.3 Å². The minimum absolute atomic E-state index is 0.142. The van der Waals surface area contributed by atoms with E-state index in [1.165, 1.54) is 11.8 Å². The fourth-order valence-electron chi connectivity index (χ4n) is 2.03. The van der Waals surface area contributed by atoms with Crippen molar-refractivity contribution in [3.8, 4) is 0 Å². The zero-order chi connectivity index (χ0) is 13.8. The Morgan fingerprint density at radius 3 is 2.44 bits per heavy atom. The number of hydrogen-bond acceptors (Lipinski definition) is 3. The zero-order valence-electron chi connectivity index (χ0n) is 11.6. The second kappa shape index (κ2) is 6.34. The molecule has 0 fully saturated rings. The Kier molecular flexibility index (Phi) is 5.35. The maximum atomic E-state index is 11.7. The molecule has 2 atom stereocenters. The van der Waals surface area contributed by atoms with Gasteiger partial charge in [0.25, 0.3) is 0 Å². The molecule has 0 aromatic heterocycles. The highest BCUT2D eigenvalue weighted by Gasteiger charge is 2.26. The number of sulfone groups is 1. The summed E-state index contributed by atoms with van der Waals surface area (Å²) in [4.78, 5) is 0. The van der Waals surface area contributed by atoms with Gasteiger partial charge in [-0.15, -0.1) is 0 Å². The molecule has 0 saturated carbocycles. The van der Waals surface area contributed by atoms with E-state index in [2.05, 4.69) is 24.4 Å². The Balaban J connectivity index is 3.11. The Bertz CT molecular complexity index is 482. The molecule has 0 aliphatic heterocycles. The van der Waals surface area contributed by atoms with Gasteiger partial charge >= 0.3 is 0 Å². The molecule has 1 aromatic rings. The Morgan fingerprint density at radius 1 is 1.28 bits per heavy atom. The van der Waals surface area contributed by atoms with Crippen LogP contribution in [0.2, 0.25) is 0 Å². The summed E-state index contributed by atoms with van der Waals surface area (Å²) in [5.74, 6) is 0. The molecule has 3 nitrogen and oxygen atoms in total. The molecule has 18 heavy (non-hydrogen) atoms. The van der Waals surface area contributed by atoms with Gasteiger partial charge < -0.3 is 5.32 Å². The number of rotatable bonds is 6. The van der Waals surface area contributed by atoms with Gasteiger partial charge in [-0.25, -0.2) is 8.42 Å². The lowest BCUT2D eigenvalue weighted by Gasteiger charge is -2.24. The smallest absolute Gasteiger partial charge is 0.151 e. The Hall–Kier alpha value is -0.870. The van der Waals surface area contributed by atoms with Crippen molar-refractivity contribution in [2.45, 2.75) is 38.5 Å². The third-order valence-electron chi connectivity index (χ3n) is 3.29. The van der Waals surface area contributed by atoms with E-state index in [4.69, 9.17) is 0 Å². The molecule has 0 aliphatic carbocycles. The molecule has 2 unspecified atom stereocenters. The minimum atomic E-state index is -3.05. The first kappa shape index (κ1) is 15.2. The van der Waals surface area contributed by atoms with Gasteiger partial charge in [0, 0.05) is 12.3 Å². The van der Waals surface area contributed by atoms with Crippen molar-refractivity contribution in [3.05, 3.63) is 35.4 Å². The second-order valence-corrected chi connectivity index (χ2v) is 7.07. The predicted octanol–water partition coefficient (Wildman–Crippen LogP) is 2.33. The fraction of sp³-hybridized carbons (Fsp3) is 0.571. The van der Waals surface area contributed by atoms with Crippen molar-refractivity contribution in [3.63, 3.8) is 0 Å². The largest absolute Gasteiger partial charge is 0.309 e. The summed E-state index contributed by atoms with van der Waals surface area (Å²) in [6.45, 7) is 6.61. The molecule has 0 heterocycles. The lowest BCUT2D eigenvalue weighted by molar-refractivity contribution is 0.512. The molecule has 0 spiro atoms. The number of aryl methyl sites for hydroxylation is 1. The van der Waals surface area contributed by atoms with Gasteiger partial charge in [0.05, 0.1) is 5.25 Å². The quantitative estimate of drug-likeness (QED) is 0.862. The third-order valence-corrected chi connectivity index (χ3v) is 4.91. The van der Waals surface area contributed by atoms with Gasteiger partial charge in [0.2, 0.25) is 0 Å². The lowest BCUT2D eigenvalue weighted by Crippen LogP contribution is -2.35. The topological polar surface area (TPSA) is 46.2 Å². The number of nitrogens with one attached hydrogen (secondary N) is 1. The molecular formula is C14H23NO2S. The van der Waals surface area contributed by atoms with Crippen LogP contribution in [0.1, 0.15) is 37.9 Å². The SMILES string of the molecule is CCNC(c1cccc(CC)c1)C(C)S(C)(=O)=O. The lowest BCUT2D eigenvalue weighted by atomic mass is 10.0. The van der Waals surface area contributed by atoms with Gasteiger partial charge in [-0.3, -0.25) is 0 Å². The van der Waals surface area contributed by atoms with E-state index in [-0.39, 0.29) is 6.04 Å². The van der Waals surface area contributed by atoms with Crippen LogP contribution < -0.4 is 5.32 Å². The predicted molar refractivity (Wildman–Crippen MR) is 76.5 cm³/mol. The van der Waals surface area contributed by atoms with E-state index in [0.29, 0.717) is 0 Å². The molecule has 0 saturated heterocycles. The van der Waals surface area contributed by atoms with Crippen LogP contribution in [-0.4, -0.2) is 26.5 Å². The molecule has 0 bridgehead atoms. The normalized spacial score (nSPS) is 15.3. The molecule has 0 aliphatic rings. The van der Waals surface area contributed by atoms with Crippen LogP contribution in [0.3, 0.4) is 0 Å². The minimum Gasteiger partial charge on any atom is -0.309 e. The van der Waals surface area contributed by atoms with E-state index in [1.807, 2.05) is 19.1 Å². The van der Waals surface area contributed by atoms with Gasteiger partial charge in [0.1, 0.15) is 0 Å². The molecule has 1 aromatic carbocycles. The maximum absolute atomic E-state index is 11.7. The monoisotopic (exact) mass is 269 g/mol. The summed E-state index contributed by atoms with van der Waals surface area (Å²) in [6, 6.07) is 8.00. The van der Waals surface area contributed by atoms with E-state index >= 15 is 0 Å². The first-order valence-electron chi connectivity index (χ1n) is 6.41. The van der Waals surface area contributed by atoms with Gasteiger partial charge in [-0.2, -0.15) is 0 Å². The molecule has 4 heteroatoms. The van der Waals surface area contributed by atoms with Gasteiger partial charge in [0.15, 0.2) is 9.84 Å². The maximum Gasteiger partial charge on any atom is 0.151 e. The van der Waals surface area contributed by atoms with Crippen molar-refractivity contribution >= 4 is 9.84 Å². The van der Waals surface area contributed by atoms with Crippen molar-refractivity contribution < 1.29 is 8.42 Å². The summed E-state index contributed by atoms with van der Waals surface area (Å²) in [6.07, 6.45) is 2.26. The Morgan fingerprint density at radius 2 is 1.94 bits per heavy atom. The van der Waals surface area contributed by atoms with Crippen LogP contribution in [0.4, 0.5) is 0 Å². The summed E-state index contributed by atoms with van der Waals surface area (Å²) in [5, 5.41) is 2.85. The molecule has 1 rings (SSSR count). The van der Waals surface area contributed by atoms with Crippen molar-refractivity contribution in [1.82, 2.24) is 5.32 Å². The second-order valence-electron chi connectivity index (χ2n) is 4.67. The Labute approximate surface area is 111 Å². The average Bonchev–Trinajstić information content (AvgIpc) is 2.34. The highest BCUT2D eigenvalue weighted by molar-refractivity contribution is 7.91. The number of benzene rings is 1.